The molecule has 0 saturated heterocycles. The molecule has 2 N–H and O–H groups in total. The van der Waals surface area contributed by atoms with Crippen molar-refractivity contribution in [2.75, 3.05) is 16.8 Å². The number of hydrogen-bond acceptors (Lipinski definition) is 4. The van der Waals surface area contributed by atoms with Crippen molar-refractivity contribution in [3.05, 3.63) is 101 Å². The van der Waals surface area contributed by atoms with Crippen LogP contribution in [0.3, 0.4) is 0 Å². The highest BCUT2D eigenvalue weighted by molar-refractivity contribution is 7.95. The summed E-state index contributed by atoms with van der Waals surface area (Å²) in [5.74, 6) is -0.297. The van der Waals surface area contributed by atoms with Crippen LogP contribution in [0.25, 0.3) is 6.08 Å². The van der Waals surface area contributed by atoms with Crippen LogP contribution in [0.2, 0.25) is 0 Å². The highest BCUT2D eigenvalue weighted by Crippen LogP contribution is 2.14. The fourth-order valence-corrected chi connectivity index (χ4v) is 3.42. The first-order chi connectivity index (χ1) is 13.9. The lowest BCUT2D eigenvalue weighted by atomic mass is 10.2. The molecule has 6 nitrogen and oxygen atoms in total. The molecule has 3 aromatic rings. The Kier molecular flexibility index (Phi) is 6.31. The molecule has 0 aliphatic rings. The minimum Gasteiger partial charge on any atom is -0.288 e. The van der Waals surface area contributed by atoms with E-state index < -0.39 is 10.0 Å². The number of para-hydroxylation sites is 1. The summed E-state index contributed by atoms with van der Waals surface area (Å²) in [5.41, 5.74) is 5.17. The molecule has 0 radical (unpaired) electrons. The van der Waals surface area contributed by atoms with Crippen LogP contribution in [0.1, 0.15) is 15.9 Å². The van der Waals surface area contributed by atoms with Gasteiger partial charge in [-0.05, 0) is 48.0 Å². The highest BCUT2D eigenvalue weighted by Gasteiger charge is 2.10. The van der Waals surface area contributed by atoms with E-state index >= 15 is 0 Å². The molecule has 0 aromatic heterocycles. The van der Waals surface area contributed by atoms with Gasteiger partial charge in [0, 0.05) is 18.3 Å². The molecule has 0 saturated carbocycles. The van der Waals surface area contributed by atoms with Gasteiger partial charge < -0.3 is 0 Å². The Morgan fingerprint density at radius 3 is 2.07 bits per heavy atom. The van der Waals surface area contributed by atoms with Crippen LogP contribution >= 0.6 is 0 Å². The number of nitrogens with zero attached hydrogens (tertiary/aromatic N) is 1. The van der Waals surface area contributed by atoms with E-state index in [9.17, 15) is 13.2 Å². The normalized spacial score (nSPS) is 11.2. The van der Waals surface area contributed by atoms with Gasteiger partial charge in [-0.2, -0.15) is 0 Å². The quantitative estimate of drug-likeness (QED) is 0.583. The van der Waals surface area contributed by atoms with Crippen LogP contribution in [0.15, 0.2) is 90.3 Å². The minimum atomic E-state index is -3.66. The van der Waals surface area contributed by atoms with E-state index in [1.165, 1.54) is 6.08 Å². The van der Waals surface area contributed by atoms with Crippen LogP contribution in [-0.4, -0.2) is 21.4 Å². The van der Waals surface area contributed by atoms with E-state index in [4.69, 9.17) is 0 Å². The fraction of sp³-hybridized carbons (Fsp3) is 0.0455. The molecule has 0 heterocycles. The monoisotopic (exact) mass is 407 g/mol. The number of nitrogens with one attached hydrogen (secondary N) is 2. The van der Waals surface area contributed by atoms with Gasteiger partial charge in [0.2, 0.25) is 0 Å². The fourth-order valence-electron chi connectivity index (χ4n) is 2.55. The summed E-state index contributed by atoms with van der Waals surface area (Å²) >= 11 is 0. The van der Waals surface area contributed by atoms with E-state index in [2.05, 4.69) is 10.1 Å². The van der Waals surface area contributed by atoms with E-state index in [1.807, 2.05) is 60.7 Å². The number of anilines is 2. The zero-order valence-electron chi connectivity index (χ0n) is 15.8. The summed E-state index contributed by atoms with van der Waals surface area (Å²) in [4.78, 5) is 12.4. The standard InChI is InChI=1S/C22H21N3O3S/c1-25(21-10-6-3-7-11-21)23-22(26)19-12-14-20(15-13-19)24-29(27,28)17-16-18-8-4-2-5-9-18/h2-17,24H,1H3,(H,23,26)/b17-16+. The second kappa shape index (κ2) is 9.07. The third-order valence-corrected chi connectivity index (χ3v) is 5.07. The molecular formula is C22H21N3O3S. The summed E-state index contributed by atoms with van der Waals surface area (Å²) in [6.45, 7) is 0. The SMILES string of the molecule is CN(NC(=O)c1ccc(NS(=O)(=O)/C=C/c2ccccc2)cc1)c1ccccc1. The molecule has 0 atom stereocenters. The molecule has 0 bridgehead atoms. The second-order valence-corrected chi connectivity index (χ2v) is 7.84. The molecule has 3 aromatic carbocycles. The molecule has 29 heavy (non-hydrogen) atoms. The number of sulfonamides is 1. The Balaban J connectivity index is 1.62. The zero-order chi connectivity index (χ0) is 20.7. The van der Waals surface area contributed by atoms with Gasteiger partial charge in [0.1, 0.15) is 0 Å². The molecule has 0 unspecified atom stereocenters. The van der Waals surface area contributed by atoms with Crippen molar-refractivity contribution < 1.29 is 13.2 Å². The van der Waals surface area contributed by atoms with E-state index in [0.717, 1.165) is 16.7 Å². The van der Waals surface area contributed by atoms with Crippen molar-refractivity contribution >= 4 is 33.4 Å². The number of amides is 1. The number of carbonyl (C=O) groups is 1. The van der Waals surface area contributed by atoms with Crippen molar-refractivity contribution in [3.8, 4) is 0 Å². The van der Waals surface area contributed by atoms with Crippen molar-refractivity contribution in [1.82, 2.24) is 5.43 Å². The first-order valence-corrected chi connectivity index (χ1v) is 10.4. The van der Waals surface area contributed by atoms with Crippen LogP contribution in [0.5, 0.6) is 0 Å². The topological polar surface area (TPSA) is 78.5 Å². The van der Waals surface area contributed by atoms with Gasteiger partial charge in [-0.25, -0.2) is 8.42 Å². The predicted molar refractivity (Wildman–Crippen MR) is 117 cm³/mol. The number of rotatable bonds is 7. The Hall–Kier alpha value is -3.58. The summed E-state index contributed by atoms with van der Waals surface area (Å²) < 4.78 is 26.9. The van der Waals surface area contributed by atoms with E-state index in [1.54, 1.807) is 36.3 Å². The van der Waals surface area contributed by atoms with E-state index in [0.29, 0.717) is 11.3 Å². The first kappa shape index (κ1) is 20.2. The molecule has 3 rings (SSSR count). The largest absolute Gasteiger partial charge is 0.288 e. The number of benzene rings is 3. The van der Waals surface area contributed by atoms with Gasteiger partial charge in [0.15, 0.2) is 0 Å². The summed E-state index contributed by atoms with van der Waals surface area (Å²) in [5, 5.41) is 2.73. The van der Waals surface area contributed by atoms with Crippen molar-refractivity contribution in [1.29, 1.82) is 0 Å². The molecule has 1 amide bonds. The van der Waals surface area contributed by atoms with E-state index in [-0.39, 0.29) is 5.91 Å². The first-order valence-electron chi connectivity index (χ1n) is 8.89. The lowest BCUT2D eigenvalue weighted by Gasteiger charge is -2.20. The third-order valence-electron chi connectivity index (χ3n) is 4.06. The van der Waals surface area contributed by atoms with Crippen LogP contribution in [0.4, 0.5) is 11.4 Å². The van der Waals surface area contributed by atoms with Crippen molar-refractivity contribution in [2.45, 2.75) is 0 Å². The van der Waals surface area contributed by atoms with Crippen LogP contribution in [0, 0.1) is 0 Å². The Labute approximate surface area is 170 Å². The van der Waals surface area contributed by atoms with Gasteiger partial charge in [0.25, 0.3) is 15.9 Å². The molecule has 0 aliphatic heterocycles. The number of hydrogen-bond donors (Lipinski definition) is 2. The maximum atomic E-state index is 12.4. The zero-order valence-corrected chi connectivity index (χ0v) is 16.6. The van der Waals surface area contributed by atoms with Gasteiger partial charge in [-0.3, -0.25) is 20.0 Å². The van der Waals surface area contributed by atoms with Gasteiger partial charge in [0.05, 0.1) is 11.1 Å². The van der Waals surface area contributed by atoms with Gasteiger partial charge in [-0.1, -0.05) is 48.5 Å². The van der Waals surface area contributed by atoms with Crippen molar-refractivity contribution in [3.63, 3.8) is 0 Å². The van der Waals surface area contributed by atoms with Gasteiger partial charge >= 0.3 is 0 Å². The molecule has 0 aliphatic carbocycles. The lowest BCUT2D eigenvalue weighted by molar-refractivity contribution is 0.0951. The molecule has 0 spiro atoms. The molecular weight excluding hydrogens is 386 g/mol. The molecule has 0 fully saturated rings. The van der Waals surface area contributed by atoms with Crippen LogP contribution < -0.4 is 15.2 Å². The molecule has 7 heteroatoms. The summed E-state index contributed by atoms with van der Waals surface area (Å²) in [7, 11) is -1.92. The average Bonchev–Trinajstić information content (AvgIpc) is 2.74. The molecule has 148 valence electrons. The maximum Gasteiger partial charge on any atom is 0.269 e. The maximum absolute atomic E-state index is 12.4. The van der Waals surface area contributed by atoms with Crippen molar-refractivity contribution in [2.24, 2.45) is 0 Å². The second-order valence-electron chi connectivity index (χ2n) is 6.27. The Bertz CT molecular complexity index is 1080. The Morgan fingerprint density at radius 1 is 0.862 bits per heavy atom. The predicted octanol–water partition coefficient (Wildman–Crippen LogP) is 3.88. The summed E-state index contributed by atoms with van der Waals surface area (Å²) in [6.07, 6.45) is 1.52. The average molecular weight is 407 g/mol. The Morgan fingerprint density at radius 2 is 1.45 bits per heavy atom. The third kappa shape index (κ3) is 5.95. The highest BCUT2D eigenvalue weighted by atomic mass is 32.2. The summed E-state index contributed by atoms with van der Waals surface area (Å²) in [6, 6.07) is 24.8. The number of carbonyl (C=O) groups excluding carboxylic acids is 1. The van der Waals surface area contributed by atoms with Gasteiger partial charge in [-0.15, -0.1) is 0 Å². The number of hydrazine groups is 1. The van der Waals surface area contributed by atoms with Crippen LogP contribution in [-0.2, 0) is 10.0 Å². The minimum absolute atomic E-state index is 0.297. The smallest absolute Gasteiger partial charge is 0.269 e. The lowest BCUT2D eigenvalue weighted by Crippen LogP contribution is -2.39.